The summed E-state index contributed by atoms with van der Waals surface area (Å²) in [7, 11) is 0. The Bertz CT molecular complexity index is 257. The normalized spacial score (nSPS) is 26.8. The molecular weight excluding hydrogens is 186 g/mol. The highest BCUT2D eigenvalue weighted by atomic mass is 35.5. The molecular formula is C9H14ClN3. The van der Waals surface area contributed by atoms with Crippen LogP contribution in [0.3, 0.4) is 0 Å². The van der Waals surface area contributed by atoms with Gasteiger partial charge in [0.25, 0.3) is 0 Å². The van der Waals surface area contributed by atoms with Gasteiger partial charge in [0.1, 0.15) is 0 Å². The zero-order valence-electron chi connectivity index (χ0n) is 7.36. The van der Waals surface area contributed by atoms with Gasteiger partial charge in [0.05, 0.1) is 5.54 Å². The van der Waals surface area contributed by atoms with E-state index in [1.807, 2.05) is 12.1 Å². The summed E-state index contributed by atoms with van der Waals surface area (Å²) in [5.74, 6) is 0. The van der Waals surface area contributed by atoms with Crippen LogP contribution in [-0.4, -0.2) is 18.1 Å². The largest absolute Gasteiger partial charge is 0.320 e. The first-order chi connectivity index (χ1) is 5.81. The minimum Gasteiger partial charge on any atom is -0.320 e. The van der Waals surface area contributed by atoms with E-state index in [-0.39, 0.29) is 17.9 Å². The van der Waals surface area contributed by atoms with Crippen molar-refractivity contribution in [2.45, 2.75) is 12.0 Å². The van der Waals surface area contributed by atoms with Crippen molar-refractivity contribution in [3.05, 3.63) is 30.1 Å². The first-order valence-corrected chi connectivity index (χ1v) is 4.21. The number of aromatic nitrogens is 1. The quantitative estimate of drug-likeness (QED) is 0.699. The number of nitrogens with two attached hydrogens (primary N) is 1. The van der Waals surface area contributed by atoms with Gasteiger partial charge in [-0.1, -0.05) is 0 Å². The van der Waals surface area contributed by atoms with Crippen LogP contribution < -0.4 is 11.1 Å². The number of halogens is 1. The second kappa shape index (κ2) is 4.05. The van der Waals surface area contributed by atoms with Gasteiger partial charge in [-0.15, -0.1) is 12.4 Å². The molecule has 4 heteroatoms. The first-order valence-electron chi connectivity index (χ1n) is 4.21. The minimum absolute atomic E-state index is 0. The van der Waals surface area contributed by atoms with E-state index in [1.165, 1.54) is 5.56 Å². The standard InChI is InChI=1S/C9H13N3.ClH/c10-9(3-6-12-7-9)8-1-4-11-5-2-8;/h1-2,4-5,12H,3,6-7,10H2;1H. The molecule has 0 bridgehead atoms. The Morgan fingerprint density at radius 1 is 1.38 bits per heavy atom. The molecule has 1 aliphatic rings. The first kappa shape index (κ1) is 10.4. The summed E-state index contributed by atoms with van der Waals surface area (Å²) in [5.41, 5.74) is 7.21. The van der Waals surface area contributed by atoms with Gasteiger partial charge in [0.2, 0.25) is 0 Å². The number of nitrogens with zero attached hydrogens (tertiary/aromatic N) is 1. The molecule has 0 amide bonds. The highest BCUT2D eigenvalue weighted by Gasteiger charge is 2.30. The molecule has 72 valence electrons. The molecule has 0 radical (unpaired) electrons. The van der Waals surface area contributed by atoms with Crippen LogP contribution in [-0.2, 0) is 5.54 Å². The average Bonchev–Trinajstić information content (AvgIpc) is 2.55. The fourth-order valence-corrected chi connectivity index (χ4v) is 1.64. The topological polar surface area (TPSA) is 50.9 Å². The SMILES string of the molecule is Cl.NC1(c2ccncc2)CCNC1. The molecule has 0 aromatic carbocycles. The van der Waals surface area contributed by atoms with Gasteiger partial charge in [-0.2, -0.15) is 0 Å². The maximum absolute atomic E-state index is 6.19. The molecule has 1 fully saturated rings. The Morgan fingerprint density at radius 2 is 2.08 bits per heavy atom. The third-order valence-corrected chi connectivity index (χ3v) is 2.44. The van der Waals surface area contributed by atoms with Crippen LogP contribution in [0.2, 0.25) is 0 Å². The van der Waals surface area contributed by atoms with Gasteiger partial charge in [0, 0.05) is 18.9 Å². The molecule has 3 N–H and O–H groups in total. The Labute approximate surface area is 84.1 Å². The van der Waals surface area contributed by atoms with Gasteiger partial charge < -0.3 is 11.1 Å². The van der Waals surface area contributed by atoms with Crippen molar-refractivity contribution in [2.75, 3.05) is 13.1 Å². The van der Waals surface area contributed by atoms with Crippen LogP contribution in [0.4, 0.5) is 0 Å². The number of pyridine rings is 1. The van der Waals surface area contributed by atoms with Crippen LogP contribution in [0, 0.1) is 0 Å². The lowest BCUT2D eigenvalue weighted by Gasteiger charge is -2.22. The van der Waals surface area contributed by atoms with E-state index >= 15 is 0 Å². The van der Waals surface area contributed by atoms with Crippen molar-refractivity contribution >= 4 is 12.4 Å². The fourth-order valence-electron chi connectivity index (χ4n) is 1.64. The molecule has 2 heterocycles. The van der Waals surface area contributed by atoms with Crippen LogP contribution in [0.1, 0.15) is 12.0 Å². The number of hydrogen-bond donors (Lipinski definition) is 2. The smallest absolute Gasteiger partial charge is 0.0549 e. The van der Waals surface area contributed by atoms with Gasteiger partial charge in [-0.25, -0.2) is 0 Å². The molecule has 1 unspecified atom stereocenters. The van der Waals surface area contributed by atoms with Crippen molar-refractivity contribution in [1.82, 2.24) is 10.3 Å². The lowest BCUT2D eigenvalue weighted by atomic mass is 9.91. The number of nitrogens with one attached hydrogen (secondary N) is 1. The van der Waals surface area contributed by atoms with E-state index in [1.54, 1.807) is 12.4 Å². The molecule has 0 aliphatic carbocycles. The van der Waals surface area contributed by atoms with Crippen molar-refractivity contribution in [2.24, 2.45) is 5.73 Å². The monoisotopic (exact) mass is 199 g/mol. The van der Waals surface area contributed by atoms with Crippen molar-refractivity contribution in [1.29, 1.82) is 0 Å². The lowest BCUT2D eigenvalue weighted by Crippen LogP contribution is -2.38. The molecule has 1 atom stereocenters. The summed E-state index contributed by atoms with van der Waals surface area (Å²) in [6, 6.07) is 3.99. The zero-order valence-corrected chi connectivity index (χ0v) is 8.18. The Kier molecular flexibility index (Phi) is 3.25. The van der Waals surface area contributed by atoms with E-state index in [2.05, 4.69) is 10.3 Å². The second-order valence-corrected chi connectivity index (χ2v) is 3.32. The van der Waals surface area contributed by atoms with E-state index in [0.29, 0.717) is 0 Å². The minimum atomic E-state index is -0.164. The van der Waals surface area contributed by atoms with Crippen molar-refractivity contribution < 1.29 is 0 Å². The molecule has 0 spiro atoms. The Balaban J connectivity index is 0.000000845. The molecule has 2 rings (SSSR count). The Morgan fingerprint density at radius 3 is 2.62 bits per heavy atom. The summed E-state index contributed by atoms with van der Waals surface area (Å²) < 4.78 is 0. The number of rotatable bonds is 1. The van der Waals surface area contributed by atoms with Crippen molar-refractivity contribution in [3.8, 4) is 0 Å². The third-order valence-electron chi connectivity index (χ3n) is 2.44. The van der Waals surface area contributed by atoms with Gasteiger partial charge >= 0.3 is 0 Å². The molecule has 0 saturated carbocycles. The van der Waals surface area contributed by atoms with E-state index in [0.717, 1.165) is 19.5 Å². The molecule has 1 aromatic rings. The lowest BCUT2D eigenvalue weighted by molar-refractivity contribution is 0.493. The average molecular weight is 200 g/mol. The van der Waals surface area contributed by atoms with Gasteiger partial charge in [0.15, 0.2) is 0 Å². The van der Waals surface area contributed by atoms with E-state index in [4.69, 9.17) is 5.73 Å². The summed E-state index contributed by atoms with van der Waals surface area (Å²) in [6.07, 6.45) is 4.60. The molecule has 3 nitrogen and oxygen atoms in total. The summed E-state index contributed by atoms with van der Waals surface area (Å²) in [5, 5.41) is 3.27. The maximum atomic E-state index is 6.19. The van der Waals surface area contributed by atoms with Crippen LogP contribution >= 0.6 is 12.4 Å². The Hall–Kier alpha value is -0.640. The highest BCUT2D eigenvalue weighted by Crippen LogP contribution is 2.23. The number of hydrogen-bond acceptors (Lipinski definition) is 3. The van der Waals surface area contributed by atoms with Crippen LogP contribution in [0.25, 0.3) is 0 Å². The van der Waals surface area contributed by atoms with Crippen LogP contribution in [0.15, 0.2) is 24.5 Å². The van der Waals surface area contributed by atoms with Gasteiger partial charge in [-0.05, 0) is 30.7 Å². The predicted molar refractivity (Wildman–Crippen MR) is 54.8 cm³/mol. The van der Waals surface area contributed by atoms with Crippen LogP contribution in [0.5, 0.6) is 0 Å². The predicted octanol–water partition coefficient (Wildman–Crippen LogP) is 0.651. The molecule has 1 saturated heterocycles. The summed E-state index contributed by atoms with van der Waals surface area (Å²) in [6.45, 7) is 1.88. The molecule has 1 aromatic heterocycles. The second-order valence-electron chi connectivity index (χ2n) is 3.32. The summed E-state index contributed by atoms with van der Waals surface area (Å²) >= 11 is 0. The van der Waals surface area contributed by atoms with Gasteiger partial charge in [-0.3, -0.25) is 4.98 Å². The molecule has 13 heavy (non-hydrogen) atoms. The van der Waals surface area contributed by atoms with E-state index < -0.39 is 0 Å². The van der Waals surface area contributed by atoms with E-state index in [9.17, 15) is 0 Å². The van der Waals surface area contributed by atoms with Crippen molar-refractivity contribution in [3.63, 3.8) is 0 Å². The zero-order chi connectivity index (χ0) is 8.44. The fraction of sp³-hybridized carbons (Fsp3) is 0.444. The molecule has 1 aliphatic heterocycles. The third kappa shape index (κ3) is 1.99. The maximum Gasteiger partial charge on any atom is 0.0549 e. The summed E-state index contributed by atoms with van der Waals surface area (Å²) in [4.78, 5) is 3.97. The highest BCUT2D eigenvalue weighted by molar-refractivity contribution is 5.85.